The summed E-state index contributed by atoms with van der Waals surface area (Å²) in [6, 6.07) is 128. The van der Waals surface area contributed by atoms with Crippen molar-refractivity contribution in [2.45, 2.75) is 21.9 Å². The molecule has 1 nitrogen and oxygen atoms in total. The predicted molar refractivity (Wildman–Crippen MR) is 300 cm³/mol. The maximum atomic E-state index is 3.21. The number of hydrogen-bond donors (Lipinski definition) is 0. The fourth-order valence-corrected chi connectivity index (χ4v) is 19.4. The second-order valence-corrected chi connectivity index (χ2v) is 22.6. The smallest absolute Gasteiger partial charge is 0.226 e. The number of benzene rings is 11. The van der Waals surface area contributed by atoms with Crippen molar-refractivity contribution in [1.29, 1.82) is 0 Å². The Morgan fingerprint density at radius 3 is 0.514 bits per heavy atom. The molecule has 1 aliphatic rings. The summed E-state index contributed by atoms with van der Waals surface area (Å²) >= 11 is 0. The highest BCUT2D eigenvalue weighted by Gasteiger charge is 2.86. The fraction of sp³-hybridized carbons (Fsp3) is 0.0571. The van der Waals surface area contributed by atoms with E-state index in [0.29, 0.717) is 0 Å². The zero-order valence-electron chi connectivity index (χ0n) is 40.2. The lowest BCUT2D eigenvalue weighted by atomic mass is 9.41. The van der Waals surface area contributed by atoms with Crippen molar-refractivity contribution < 1.29 is 0 Å². The number of hydrogen-bond acceptors (Lipinski definition) is 1. The van der Waals surface area contributed by atoms with E-state index in [1.165, 1.54) is 60.1 Å². The van der Waals surface area contributed by atoms with Gasteiger partial charge in [-0.15, -0.1) is 0 Å². The van der Waals surface area contributed by atoms with E-state index in [-0.39, 0.29) is 0 Å². The van der Waals surface area contributed by atoms with Crippen LogP contribution < -0.4 is 15.6 Å². The first-order valence-corrected chi connectivity index (χ1v) is 27.1. The lowest BCUT2D eigenvalue weighted by Crippen LogP contribution is -2.83. The van der Waals surface area contributed by atoms with E-state index >= 15 is 0 Å². The molecule has 0 N–H and O–H groups in total. The molecule has 2 heteroatoms. The molecular formula is C70H55NSi. The third-order valence-corrected chi connectivity index (χ3v) is 20.7. The minimum Gasteiger partial charge on any atom is -0.284 e. The zero-order valence-corrected chi connectivity index (χ0v) is 41.2. The van der Waals surface area contributed by atoms with E-state index in [9.17, 15) is 0 Å². The second kappa shape index (κ2) is 18.7. The molecule has 0 atom stereocenters. The summed E-state index contributed by atoms with van der Waals surface area (Å²) in [6.07, 6.45) is 0. The van der Waals surface area contributed by atoms with Crippen molar-refractivity contribution >= 4 is 23.8 Å². The standard InChI is InChI=1S/C70H55NSi/c1-12-34-56(35-13-1)67(57-36-14-2-15-37-57)68(58-38-16-3-17-39-58,59-40-18-4-19-41-59)70(62-46-24-7-25-47-62,63-48-26-8-27-49-63)71(69(67,60-42-20-5-21-43-60)61-44-22-6-23-45-61)72(64-50-28-9-29-51-64,65-52-30-10-31-53-65)66-54-32-11-33-55-66/h1-55H. The van der Waals surface area contributed by atoms with Gasteiger partial charge in [0.05, 0.1) is 21.9 Å². The summed E-state index contributed by atoms with van der Waals surface area (Å²) in [4.78, 5) is 0. The van der Waals surface area contributed by atoms with Gasteiger partial charge >= 0.3 is 0 Å². The molecule has 11 aromatic rings. The van der Waals surface area contributed by atoms with Gasteiger partial charge in [-0.1, -0.05) is 334 Å². The van der Waals surface area contributed by atoms with Crippen LogP contribution in [0, 0.1) is 0 Å². The van der Waals surface area contributed by atoms with Gasteiger partial charge in [-0.25, -0.2) is 0 Å². The zero-order chi connectivity index (χ0) is 48.3. The topological polar surface area (TPSA) is 3.24 Å². The Kier molecular flexibility index (Phi) is 11.7. The molecular weight excluding hydrogens is 883 g/mol. The first-order valence-electron chi connectivity index (χ1n) is 25.2. The average Bonchev–Trinajstić information content (AvgIpc) is 3.72. The Balaban J connectivity index is 1.56. The van der Waals surface area contributed by atoms with Gasteiger partial charge in [0.15, 0.2) is 0 Å². The molecule has 0 amide bonds. The molecule has 0 aromatic heterocycles. The van der Waals surface area contributed by atoms with Crippen molar-refractivity contribution in [3.05, 3.63) is 378 Å². The summed E-state index contributed by atoms with van der Waals surface area (Å²) < 4.78 is 3.21. The Morgan fingerprint density at radius 1 is 0.181 bits per heavy atom. The molecule has 12 rings (SSSR count). The van der Waals surface area contributed by atoms with Crippen LogP contribution in [-0.4, -0.2) is 12.8 Å². The van der Waals surface area contributed by atoms with Crippen LogP contribution in [0.2, 0.25) is 0 Å². The highest BCUT2D eigenvalue weighted by atomic mass is 28.3. The maximum Gasteiger partial charge on any atom is 0.226 e. The van der Waals surface area contributed by atoms with Gasteiger partial charge in [0.1, 0.15) is 0 Å². The van der Waals surface area contributed by atoms with Crippen molar-refractivity contribution in [2.24, 2.45) is 0 Å². The van der Waals surface area contributed by atoms with Crippen molar-refractivity contribution in [3.63, 3.8) is 0 Å². The molecule has 11 aromatic carbocycles. The fourth-order valence-electron chi connectivity index (χ4n) is 13.8. The Labute approximate surface area is 426 Å². The highest BCUT2D eigenvalue weighted by Crippen LogP contribution is 2.79. The average molecular weight is 938 g/mol. The van der Waals surface area contributed by atoms with Crippen molar-refractivity contribution in [2.75, 3.05) is 0 Å². The molecule has 0 bridgehead atoms. The molecule has 1 aliphatic heterocycles. The summed E-state index contributed by atoms with van der Waals surface area (Å²) in [5.74, 6) is 0. The van der Waals surface area contributed by atoms with Crippen LogP contribution in [0.25, 0.3) is 0 Å². The third kappa shape index (κ3) is 6.23. The second-order valence-electron chi connectivity index (χ2n) is 19.0. The Morgan fingerprint density at radius 2 is 0.333 bits per heavy atom. The van der Waals surface area contributed by atoms with Crippen LogP contribution in [-0.2, 0) is 21.9 Å². The molecule has 1 saturated heterocycles. The number of rotatable bonds is 12. The Bertz CT molecular complexity index is 3040. The van der Waals surface area contributed by atoms with Gasteiger partial charge < -0.3 is 0 Å². The minimum absolute atomic E-state index is 1.06. The van der Waals surface area contributed by atoms with E-state index in [0.717, 1.165) is 0 Å². The Hall–Kier alpha value is -8.40. The quantitative estimate of drug-likeness (QED) is 0.0871. The van der Waals surface area contributed by atoms with Gasteiger partial charge in [-0.2, -0.15) is 0 Å². The summed E-state index contributed by atoms with van der Waals surface area (Å²) in [6.45, 7) is 0. The van der Waals surface area contributed by atoms with Crippen LogP contribution in [0.15, 0.2) is 334 Å². The SMILES string of the molecule is c1ccc(C2(c3ccccc3)N([Si](c3ccccc3)(c3ccccc3)c3ccccc3)C(c3ccccc3)(c3ccccc3)C(c3ccccc3)(c3ccccc3)C2(c2ccccc2)c2ccccc2)cc1. The van der Waals surface area contributed by atoms with E-state index < -0.39 is 30.1 Å². The van der Waals surface area contributed by atoms with Crippen molar-refractivity contribution in [3.8, 4) is 0 Å². The molecule has 344 valence electrons. The van der Waals surface area contributed by atoms with Gasteiger partial charge in [0.25, 0.3) is 0 Å². The lowest BCUT2D eigenvalue weighted by molar-refractivity contribution is 0.160. The normalized spacial score (nSPS) is 15.6. The van der Waals surface area contributed by atoms with Crippen LogP contribution in [0.4, 0.5) is 0 Å². The van der Waals surface area contributed by atoms with E-state index in [2.05, 4.69) is 338 Å². The molecule has 0 unspecified atom stereocenters. The molecule has 0 saturated carbocycles. The summed E-state index contributed by atoms with van der Waals surface area (Å²) in [5.41, 5.74) is 5.22. The van der Waals surface area contributed by atoms with Crippen LogP contribution in [0.1, 0.15) is 44.5 Å². The van der Waals surface area contributed by atoms with Gasteiger partial charge in [-0.05, 0) is 60.1 Å². The summed E-state index contributed by atoms with van der Waals surface area (Å²) in [7, 11) is -3.87. The van der Waals surface area contributed by atoms with E-state index in [1.54, 1.807) is 0 Å². The lowest BCUT2D eigenvalue weighted by Gasteiger charge is -2.60. The maximum absolute atomic E-state index is 3.87. The first kappa shape index (κ1) is 44.8. The molecule has 0 aliphatic carbocycles. The largest absolute Gasteiger partial charge is 0.284 e. The van der Waals surface area contributed by atoms with Gasteiger partial charge in [-0.3, -0.25) is 4.57 Å². The molecule has 72 heavy (non-hydrogen) atoms. The van der Waals surface area contributed by atoms with Gasteiger partial charge in [0, 0.05) is 0 Å². The first-order chi connectivity index (χ1) is 35.8. The molecule has 1 fully saturated rings. The molecule has 0 spiro atoms. The van der Waals surface area contributed by atoms with E-state index in [1.807, 2.05) is 0 Å². The van der Waals surface area contributed by atoms with Crippen molar-refractivity contribution in [1.82, 2.24) is 4.57 Å². The van der Waals surface area contributed by atoms with Crippen LogP contribution >= 0.6 is 0 Å². The molecule has 0 radical (unpaired) electrons. The van der Waals surface area contributed by atoms with E-state index in [4.69, 9.17) is 0 Å². The van der Waals surface area contributed by atoms with Gasteiger partial charge in [0.2, 0.25) is 8.24 Å². The van der Waals surface area contributed by atoms with Crippen LogP contribution in [0.3, 0.4) is 0 Å². The number of nitrogens with zero attached hydrogens (tertiary/aromatic N) is 1. The highest BCUT2D eigenvalue weighted by molar-refractivity contribution is 7.09. The molecule has 1 heterocycles. The third-order valence-electron chi connectivity index (χ3n) is 15.8. The minimum atomic E-state index is -3.87. The monoisotopic (exact) mass is 937 g/mol. The summed E-state index contributed by atoms with van der Waals surface area (Å²) in [5, 5.41) is 3.84. The predicted octanol–water partition coefficient (Wildman–Crippen LogP) is 13.8. The van der Waals surface area contributed by atoms with Crippen LogP contribution in [0.5, 0.6) is 0 Å².